The summed E-state index contributed by atoms with van der Waals surface area (Å²) in [5.41, 5.74) is 0.449. The largest absolute Gasteiger partial charge is 0.493 e. The van der Waals surface area contributed by atoms with Crippen molar-refractivity contribution in [2.75, 3.05) is 19.0 Å². The summed E-state index contributed by atoms with van der Waals surface area (Å²) < 4.78 is 12.7. The lowest BCUT2D eigenvalue weighted by molar-refractivity contribution is -0.385. The zero-order valence-electron chi connectivity index (χ0n) is 20.7. The molecule has 39 heavy (non-hydrogen) atoms. The highest BCUT2D eigenvalue weighted by atomic mass is 79.9. The molecule has 1 aromatic heterocycles. The van der Waals surface area contributed by atoms with E-state index >= 15 is 0 Å². The van der Waals surface area contributed by atoms with Gasteiger partial charge in [-0.2, -0.15) is 9.78 Å². The van der Waals surface area contributed by atoms with Gasteiger partial charge in [0.15, 0.2) is 12.4 Å². The maximum Gasteiger partial charge on any atom is 0.315 e. The van der Waals surface area contributed by atoms with Crippen molar-refractivity contribution in [1.29, 1.82) is 0 Å². The van der Waals surface area contributed by atoms with Gasteiger partial charge in [0.05, 0.1) is 29.2 Å². The fraction of sp³-hybridized carbons (Fsp3) is 0.154. The van der Waals surface area contributed by atoms with Crippen molar-refractivity contribution in [2.24, 2.45) is 5.10 Å². The maximum absolute atomic E-state index is 13.1. The van der Waals surface area contributed by atoms with E-state index in [9.17, 15) is 19.7 Å². The van der Waals surface area contributed by atoms with Gasteiger partial charge in [0.25, 0.3) is 11.5 Å². The van der Waals surface area contributed by atoms with Crippen molar-refractivity contribution >= 4 is 61.9 Å². The van der Waals surface area contributed by atoms with E-state index in [1.807, 2.05) is 6.92 Å². The first-order valence-electron chi connectivity index (χ1n) is 11.5. The summed E-state index contributed by atoms with van der Waals surface area (Å²) >= 11 is 9.20. The molecule has 0 fully saturated rings. The van der Waals surface area contributed by atoms with Gasteiger partial charge < -0.3 is 14.8 Å². The summed E-state index contributed by atoms with van der Waals surface area (Å²) in [4.78, 5) is 41.2. The van der Waals surface area contributed by atoms with E-state index in [2.05, 4.69) is 31.3 Å². The monoisotopic (exact) mass is 613 g/mol. The zero-order chi connectivity index (χ0) is 28.1. The lowest BCUT2D eigenvalue weighted by atomic mass is 10.2. The Labute approximate surface area is 235 Å². The Morgan fingerprint density at radius 3 is 2.64 bits per heavy atom. The van der Waals surface area contributed by atoms with Crippen LogP contribution in [-0.4, -0.2) is 40.4 Å². The Hall–Kier alpha value is -4.29. The number of halogens is 2. The minimum atomic E-state index is -0.662. The summed E-state index contributed by atoms with van der Waals surface area (Å²) in [6.45, 7) is 1.32. The minimum Gasteiger partial charge on any atom is -0.493 e. The molecular weight excluding hydrogens is 594 g/mol. The summed E-state index contributed by atoms with van der Waals surface area (Å²) in [5.74, 6) is -0.344. The first-order valence-corrected chi connectivity index (χ1v) is 12.7. The van der Waals surface area contributed by atoms with Crippen LogP contribution in [0.3, 0.4) is 0 Å². The smallest absolute Gasteiger partial charge is 0.315 e. The quantitative estimate of drug-likeness (QED) is 0.156. The zero-order valence-corrected chi connectivity index (χ0v) is 23.0. The van der Waals surface area contributed by atoms with Crippen LogP contribution in [-0.2, 0) is 11.2 Å². The number of amides is 1. The molecule has 1 amide bonds. The van der Waals surface area contributed by atoms with Crippen molar-refractivity contribution in [3.8, 4) is 11.5 Å². The second kappa shape index (κ2) is 12.0. The molecular formula is C26H21BrClN5O6. The van der Waals surface area contributed by atoms with Gasteiger partial charge >= 0.3 is 5.69 Å². The van der Waals surface area contributed by atoms with Crippen LogP contribution >= 0.6 is 27.5 Å². The number of hydrogen-bond donors (Lipinski definition) is 1. The number of hydrogen-bond acceptors (Lipinski definition) is 8. The van der Waals surface area contributed by atoms with Crippen LogP contribution in [0.15, 0.2) is 69.0 Å². The van der Waals surface area contributed by atoms with Crippen LogP contribution in [0, 0.1) is 10.1 Å². The van der Waals surface area contributed by atoms with Gasteiger partial charge in [-0.25, -0.2) is 4.98 Å². The number of nitrogens with zero attached hydrogens (tertiary/aromatic N) is 4. The number of aryl methyl sites for hydroxylation is 1. The number of aromatic nitrogens is 2. The molecule has 0 aliphatic heterocycles. The van der Waals surface area contributed by atoms with E-state index < -0.39 is 23.1 Å². The molecule has 0 unspecified atom stereocenters. The standard InChI is InChI=1S/C26H21BrClN5O6/c1-3-23-31-20-9-4-16(27)12-19(20)26(35)32(23)29-13-15-10-21(33(36)37)25(22(11-15)38-2)39-14-24(34)30-18-7-5-17(28)6-8-18/h4-13H,3,14H2,1-2H3,(H,30,34). The number of nitrogens with one attached hydrogen (secondary N) is 1. The number of carbonyl (C=O) groups is 1. The summed E-state index contributed by atoms with van der Waals surface area (Å²) in [6.07, 6.45) is 1.71. The van der Waals surface area contributed by atoms with Gasteiger partial charge in [-0.1, -0.05) is 34.5 Å². The fourth-order valence-electron chi connectivity index (χ4n) is 3.65. The number of carbonyl (C=O) groups excluding carboxylic acids is 1. The molecule has 4 aromatic rings. The molecule has 0 bridgehead atoms. The molecule has 11 nitrogen and oxygen atoms in total. The lowest BCUT2D eigenvalue weighted by Crippen LogP contribution is -2.22. The average Bonchev–Trinajstić information content (AvgIpc) is 2.92. The third-order valence-electron chi connectivity index (χ3n) is 5.46. The Morgan fingerprint density at radius 1 is 1.23 bits per heavy atom. The minimum absolute atomic E-state index is 0.00794. The number of nitro groups is 1. The van der Waals surface area contributed by atoms with Crippen LogP contribution in [0.4, 0.5) is 11.4 Å². The Balaban J connectivity index is 1.63. The molecule has 3 aromatic carbocycles. The second-order valence-corrected chi connectivity index (χ2v) is 9.43. The highest BCUT2D eigenvalue weighted by Gasteiger charge is 2.23. The molecule has 0 aliphatic carbocycles. The first-order chi connectivity index (χ1) is 18.7. The fourth-order valence-corrected chi connectivity index (χ4v) is 4.14. The molecule has 0 aliphatic rings. The lowest BCUT2D eigenvalue weighted by Gasteiger charge is -2.12. The topological polar surface area (TPSA) is 138 Å². The van der Waals surface area contributed by atoms with E-state index in [4.69, 9.17) is 21.1 Å². The Morgan fingerprint density at radius 2 is 1.97 bits per heavy atom. The highest BCUT2D eigenvalue weighted by molar-refractivity contribution is 9.10. The van der Waals surface area contributed by atoms with Crippen LogP contribution in [0.1, 0.15) is 18.3 Å². The number of nitro benzene ring substituents is 1. The molecule has 0 saturated carbocycles. The summed E-state index contributed by atoms with van der Waals surface area (Å²) in [6, 6.07) is 14.3. The van der Waals surface area contributed by atoms with E-state index in [1.54, 1.807) is 42.5 Å². The van der Waals surface area contributed by atoms with E-state index in [1.165, 1.54) is 25.5 Å². The van der Waals surface area contributed by atoms with Gasteiger partial charge in [-0.15, -0.1) is 0 Å². The number of anilines is 1. The predicted molar refractivity (Wildman–Crippen MR) is 151 cm³/mol. The highest BCUT2D eigenvalue weighted by Crippen LogP contribution is 2.38. The average molecular weight is 615 g/mol. The number of benzene rings is 3. The van der Waals surface area contributed by atoms with Crippen LogP contribution in [0.2, 0.25) is 5.02 Å². The third kappa shape index (κ3) is 6.41. The van der Waals surface area contributed by atoms with Crippen molar-refractivity contribution in [3.63, 3.8) is 0 Å². The molecule has 0 radical (unpaired) electrons. The maximum atomic E-state index is 13.1. The molecule has 1 N–H and O–H groups in total. The number of methoxy groups -OCH3 is 1. The van der Waals surface area contributed by atoms with Crippen LogP contribution in [0.5, 0.6) is 11.5 Å². The molecule has 0 spiro atoms. The van der Waals surface area contributed by atoms with E-state index in [0.717, 1.165) is 4.68 Å². The van der Waals surface area contributed by atoms with E-state index in [-0.39, 0.29) is 22.6 Å². The van der Waals surface area contributed by atoms with Gasteiger partial charge in [0.1, 0.15) is 5.82 Å². The van der Waals surface area contributed by atoms with Gasteiger partial charge in [0.2, 0.25) is 5.75 Å². The van der Waals surface area contributed by atoms with Crippen molar-refractivity contribution in [2.45, 2.75) is 13.3 Å². The molecule has 13 heteroatoms. The number of fused-ring (bicyclic) bond motifs is 1. The van der Waals surface area contributed by atoms with Crippen molar-refractivity contribution < 1.29 is 19.2 Å². The van der Waals surface area contributed by atoms with Gasteiger partial charge in [0, 0.05) is 33.2 Å². The van der Waals surface area contributed by atoms with Crippen molar-refractivity contribution in [1.82, 2.24) is 9.66 Å². The summed E-state index contributed by atoms with van der Waals surface area (Å²) in [7, 11) is 1.31. The normalized spacial score (nSPS) is 11.1. The van der Waals surface area contributed by atoms with Crippen molar-refractivity contribution in [3.05, 3.63) is 95.9 Å². The molecule has 200 valence electrons. The Bertz CT molecular complexity index is 1660. The number of rotatable bonds is 9. The number of ether oxygens (including phenoxy) is 2. The molecule has 0 saturated heterocycles. The summed E-state index contributed by atoms with van der Waals surface area (Å²) in [5, 5.41) is 19.6. The van der Waals surface area contributed by atoms with Crippen LogP contribution < -0.4 is 20.3 Å². The molecule has 1 heterocycles. The first kappa shape index (κ1) is 27.7. The Kier molecular flexibility index (Phi) is 8.57. The predicted octanol–water partition coefficient (Wildman–Crippen LogP) is 5.19. The SMILES string of the molecule is CCc1nc2ccc(Br)cc2c(=O)n1N=Cc1cc(OC)c(OCC(=O)Nc2ccc(Cl)cc2)c([N+](=O)[O-])c1. The van der Waals surface area contributed by atoms with Gasteiger partial charge in [-0.05, 0) is 48.5 Å². The molecule has 4 rings (SSSR count). The van der Waals surface area contributed by atoms with Gasteiger partial charge in [-0.3, -0.25) is 19.7 Å². The van der Waals surface area contributed by atoms with E-state index in [0.29, 0.717) is 38.3 Å². The molecule has 0 atom stereocenters. The third-order valence-corrected chi connectivity index (χ3v) is 6.21. The van der Waals surface area contributed by atoms with Crippen LogP contribution in [0.25, 0.3) is 10.9 Å². The second-order valence-electron chi connectivity index (χ2n) is 8.08.